The molecule has 0 saturated carbocycles. The van der Waals surface area contributed by atoms with E-state index in [2.05, 4.69) is 5.32 Å². The lowest BCUT2D eigenvalue weighted by atomic mass is 10.1. The van der Waals surface area contributed by atoms with Gasteiger partial charge in [-0.1, -0.05) is 11.6 Å². The number of ether oxygens (including phenoxy) is 1. The summed E-state index contributed by atoms with van der Waals surface area (Å²) in [5.74, 6) is -0.0476. The van der Waals surface area contributed by atoms with Crippen LogP contribution in [0, 0.1) is 13.8 Å². The van der Waals surface area contributed by atoms with Gasteiger partial charge in [0, 0.05) is 16.1 Å². The molecular weight excluding hydrogens is 426 g/mol. The fraction of sp³-hybridized carbons (Fsp3) is 0.136. The largest absolute Gasteiger partial charge is 0.507 e. The Kier molecular flexibility index (Phi) is 6.05. The van der Waals surface area contributed by atoms with Crippen LogP contribution in [-0.4, -0.2) is 26.5 Å². The van der Waals surface area contributed by atoms with Crippen LogP contribution in [0.5, 0.6) is 11.5 Å². The topological polar surface area (TPSA) is 92.7 Å². The van der Waals surface area contributed by atoms with Crippen molar-refractivity contribution in [2.75, 3.05) is 12.4 Å². The number of aromatic hydroxyl groups is 1. The summed E-state index contributed by atoms with van der Waals surface area (Å²) in [7, 11) is -2.53. The second-order valence-electron chi connectivity index (χ2n) is 6.68. The summed E-state index contributed by atoms with van der Waals surface area (Å²) in [6, 6.07) is 13.5. The van der Waals surface area contributed by atoms with Crippen molar-refractivity contribution in [2.45, 2.75) is 23.6 Å². The molecule has 0 aliphatic heterocycles. The molecular formula is C22H20ClNO5S. The van der Waals surface area contributed by atoms with E-state index in [9.17, 15) is 18.3 Å². The van der Waals surface area contributed by atoms with Gasteiger partial charge in [-0.25, -0.2) is 8.42 Å². The molecule has 30 heavy (non-hydrogen) atoms. The van der Waals surface area contributed by atoms with Crippen LogP contribution in [0.25, 0.3) is 0 Å². The number of carbonyl (C=O) groups excluding carboxylic acids is 1. The number of amides is 1. The molecule has 3 aromatic carbocycles. The van der Waals surface area contributed by atoms with Gasteiger partial charge in [0.25, 0.3) is 5.91 Å². The van der Waals surface area contributed by atoms with Gasteiger partial charge in [0.05, 0.1) is 17.7 Å². The second-order valence-corrected chi connectivity index (χ2v) is 9.01. The number of halogens is 1. The first-order valence-electron chi connectivity index (χ1n) is 8.94. The van der Waals surface area contributed by atoms with Crippen molar-refractivity contribution in [1.82, 2.24) is 0 Å². The maximum Gasteiger partial charge on any atom is 0.255 e. The second kappa shape index (κ2) is 8.38. The predicted molar refractivity (Wildman–Crippen MR) is 115 cm³/mol. The SMILES string of the molecule is COc1ccc(C(=O)Nc2cc(C)c(O)c(C)c2S(=O)(=O)c2ccc(Cl)cc2)cc1. The maximum absolute atomic E-state index is 13.3. The van der Waals surface area contributed by atoms with E-state index in [1.54, 1.807) is 31.2 Å². The Labute approximate surface area is 180 Å². The van der Waals surface area contributed by atoms with E-state index >= 15 is 0 Å². The Hall–Kier alpha value is -3.03. The lowest BCUT2D eigenvalue weighted by molar-refractivity contribution is 0.102. The normalized spacial score (nSPS) is 11.2. The number of anilines is 1. The molecule has 0 atom stereocenters. The van der Waals surface area contributed by atoms with Crippen molar-refractivity contribution in [3.63, 3.8) is 0 Å². The molecule has 0 unspecified atom stereocenters. The van der Waals surface area contributed by atoms with Crippen molar-refractivity contribution < 1.29 is 23.1 Å². The van der Waals surface area contributed by atoms with E-state index in [0.717, 1.165) is 0 Å². The van der Waals surface area contributed by atoms with Crippen LogP contribution in [0.4, 0.5) is 5.69 Å². The van der Waals surface area contributed by atoms with Crippen LogP contribution < -0.4 is 10.1 Å². The first kappa shape index (κ1) is 21.7. The molecule has 2 N–H and O–H groups in total. The summed E-state index contributed by atoms with van der Waals surface area (Å²) in [5, 5.41) is 13.4. The third-order valence-electron chi connectivity index (χ3n) is 4.67. The monoisotopic (exact) mass is 445 g/mol. The Bertz CT molecular complexity index is 1200. The number of phenolic OH excluding ortho intramolecular Hbond substituents is 1. The highest BCUT2D eigenvalue weighted by Crippen LogP contribution is 2.38. The smallest absolute Gasteiger partial charge is 0.255 e. The van der Waals surface area contributed by atoms with Gasteiger partial charge < -0.3 is 15.2 Å². The fourth-order valence-electron chi connectivity index (χ4n) is 3.06. The van der Waals surface area contributed by atoms with E-state index in [4.69, 9.17) is 16.3 Å². The molecule has 8 heteroatoms. The van der Waals surface area contributed by atoms with E-state index in [0.29, 0.717) is 21.9 Å². The summed E-state index contributed by atoms with van der Waals surface area (Å²) in [6.45, 7) is 3.12. The van der Waals surface area contributed by atoms with Crippen LogP contribution >= 0.6 is 11.6 Å². The minimum Gasteiger partial charge on any atom is -0.507 e. The van der Waals surface area contributed by atoms with Crippen molar-refractivity contribution in [3.05, 3.63) is 76.3 Å². The molecule has 0 heterocycles. The van der Waals surface area contributed by atoms with Crippen molar-refractivity contribution in [1.29, 1.82) is 0 Å². The number of hydrogen-bond donors (Lipinski definition) is 2. The standard InChI is InChI=1S/C22H20ClNO5S/c1-13-12-19(24-22(26)15-4-8-17(29-3)9-5-15)21(14(2)20(13)25)30(27,28)18-10-6-16(23)7-11-18/h4-12,25H,1-3H3,(H,24,26). The summed E-state index contributed by atoms with van der Waals surface area (Å²) >= 11 is 5.87. The first-order chi connectivity index (χ1) is 14.1. The van der Waals surface area contributed by atoms with Gasteiger partial charge >= 0.3 is 0 Å². The highest BCUT2D eigenvalue weighted by atomic mass is 35.5. The van der Waals surface area contributed by atoms with Gasteiger partial charge in [0.15, 0.2) is 0 Å². The summed E-state index contributed by atoms with van der Waals surface area (Å²) in [6.07, 6.45) is 0. The third kappa shape index (κ3) is 4.13. The molecule has 0 radical (unpaired) electrons. The van der Waals surface area contributed by atoms with Crippen LogP contribution in [0.3, 0.4) is 0 Å². The van der Waals surface area contributed by atoms with Crippen LogP contribution in [0.15, 0.2) is 64.4 Å². The molecule has 6 nitrogen and oxygen atoms in total. The minimum atomic E-state index is -4.05. The molecule has 0 bridgehead atoms. The lowest BCUT2D eigenvalue weighted by Crippen LogP contribution is -2.16. The first-order valence-corrected chi connectivity index (χ1v) is 10.8. The molecule has 0 aliphatic rings. The number of phenols is 1. The molecule has 0 fully saturated rings. The number of carbonyl (C=O) groups is 1. The van der Waals surface area contributed by atoms with E-state index in [1.807, 2.05) is 0 Å². The number of hydrogen-bond acceptors (Lipinski definition) is 5. The zero-order valence-electron chi connectivity index (χ0n) is 16.6. The number of rotatable bonds is 5. The van der Waals surface area contributed by atoms with Gasteiger partial charge in [-0.2, -0.15) is 0 Å². The van der Waals surface area contributed by atoms with Gasteiger partial charge in [-0.3, -0.25) is 4.79 Å². The molecule has 156 valence electrons. The van der Waals surface area contributed by atoms with Crippen molar-refractivity contribution in [2.24, 2.45) is 0 Å². The molecule has 3 rings (SSSR count). The maximum atomic E-state index is 13.3. The highest BCUT2D eigenvalue weighted by molar-refractivity contribution is 7.91. The van der Waals surface area contributed by atoms with Crippen molar-refractivity contribution >= 4 is 33.0 Å². The summed E-state index contributed by atoms with van der Waals surface area (Å²) in [4.78, 5) is 12.6. The quantitative estimate of drug-likeness (QED) is 0.552. The molecule has 0 saturated heterocycles. The zero-order valence-corrected chi connectivity index (χ0v) is 18.1. The van der Waals surface area contributed by atoms with Gasteiger partial charge in [-0.15, -0.1) is 0 Å². The lowest BCUT2D eigenvalue weighted by Gasteiger charge is -2.17. The Morgan fingerprint density at radius 1 is 1.03 bits per heavy atom. The minimum absolute atomic E-state index is 0.00167. The van der Waals surface area contributed by atoms with E-state index < -0.39 is 15.7 Å². The van der Waals surface area contributed by atoms with Gasteiger partial charge in [0.1, 0.15) is 16.4 Å². The number of methoxy groups -OCH3 is 1. The molecule has 3 aromatic rings. The molecule has 0 aliphatic carbocycles. The number of aryl methyl sites for hydroxylation is 1. The van der Waals surface area contributed by atoms with Crippen LogP contribution in [0.2, 0.25) is 5.02 Å². The van der Waals surface area contributed by atoms with E-state index in [1.165, 1.54) is 44.4 Å². The molecule has 0 spiro atoms. The summed E-state index contributed by atoms with van der Waals surface area (Å²) < 4.78 is 31.7. The van der Waals surface area contributed by atoms with Gasteiger partial charge in [0.2, 0.25) is 9.84 Å². The average Bonchev–Trinajstić information content (AvgIpc) is 2.72. The summed E-state index contributed by atoms with van der Waals surface area (Å²) in [5.41, 5.74) is 0.996. The van der Waals surface area contributed by atoms with Crippen LogP contribution in [0.1, 0.15) is 21.5 Å². The predicted octanol–water partition coefficient (Wildman–Crippen LogP) is 4.76. The third-order valence-corrected chi connectivity index (χ3v) is 6.88. The van der Waals surface area contributed by atoms with Gasteiger partial charge in [-0.05, 0) is 74.0 Å². The number of nitrogens with one attached hydrogen (secondary N) is 1. The molecule has 0 aromatic heterocycles. The Morgan fingerprint density at radius 3 is 2.20 bits per heavy atom. The number of sulfone groups is 1. The Balaban J connectivity index is 2.10. The van der Waals surface area contributed by atoms with Crippen LogP contribution in [-0.2, 0) is 9.84 Å². The molecule has 1 amide bonds. The Morgan fingerprint density at radius 2 is 1.63 bits per heavy atom. The fourth-order valence-corrected chi connectivity index (χ4v) is 4.82. The van der Waals surface area contributed by atoms with E-state index in [-0.39, 0.29) is 26.8 Å². The average molecular weight is 446 g/mol. The highest BCUT2D eigenvalue weighted by Gasteiger charge is 2.27. The zero-order chi connectivity index (χ0) is 22.1. The van der Waals surface area contributed by atoms with Crippen molar-refractivity contribution in [3.8, 4) is 11.5 Å². The number of benzene rings is 3.